The molecule has 1 aromatic carbocycles. The number of aryl methyl sites for hydroxylation is 1. The third-order valence-corrected chi connectivity index (χ3v) is 4.19. The Bertz CT molecular complexity index is 825. The number of amides is 1. The summed E-state index contributed by atoms with van der Waals surface area (Å²) < 4.78 is 1.47. The van der Waals surface area contributed by atoms with Gasteiger partial charge >= 0.3 is 0 Å². The van der Waals surface area contributed by atoms with Crippen molar-refractivity contribution in [2.75, 3.05) is 12.3 Å². The number of nitro benzene ring substituents is 1. The van der Waals surface area contributed by atoms with E-state index in [2.05, 4.69) is 10.1 Å². The standard InChI is InChI=1S/C16H18N6O3/c1-20-16(17)18-15(19-20)13-7-4-10-21(13)14(23)9-8-11-5-2-3-6-12(11)22(24)25/h2-3,5-6,8-9,13H,4,7,10H2,1H3,(H2,17,18,19)/b9-8+. The summed E-state index contributed by atoms with van der Waals surface area (Å²) in [5, 5.41) is 15.3. The van der Waals surface area contributed by atoms with Gasteiger partial charge in [0.2, 0.25) is 11.9 Å². The number of aromatic nitrogens is 3. The molecule has 9 heteroatoms. The molecule has 130 valence electrons. The molecule has 0 radical (unpaired) electrons. The molecule has 1 aliphatic heterocycles. The summed E-state index contributed by atoms with van der Waals surface area (Å²) >= 11 is 0. The molecule has 2 N–H and O–H groups in total. The van der Waals surface area contributed by atoms with Crippen molar-refractivity contribution in [1.29, 1.82) is 0 Å². The molecular weight excluding hydrogens is 324 g/mol. The van der Waals surface area contributed by atoms with Crippen LogP contribution in [0.4, 0.5) is 11.6 Å². The first-order chi connectivity index (χ1) is 12.0. The van der Waals surface area contributed by atoms with E-state index in [0.717, 1.165) is 12.8 Å². The van der Waals surface area contributed by atoms with Gasteiger partial charge in [0.05, 0.1) is 16.5 Å². The number of nitrogen functional groups attached to an aromatic ring is 1. The molecule has 1 unspecified atom stereocenters. The Labute approximate surface area is 143 Å². The quantitative estimate of drug-likeness (QED) is 0.513. The topological polar surface area (TPSA) is 120 Å². The number of likely N-dealkylation sites (tertiary alicyclic amines) is 1. The second-order valence-corrected chi connectivity index (χ2v) is 5.79. The minimum absolute atomic E-state index is 0.0383. The number of nitrogens with zero attached hydrogens (tertiary/aromatic N) is 5. The minimum atomic E-state index is -0.469. The SMILES string of the molecule is Cn1nc(C2CCCN2C(=O)/C=C/c2ccccc2[N+](=O)[O-])nc1N. The Morgan fingerprint density at radius 3 is 2.88 bits per heavy atom. The fraction of sp³-hybridized carbons (Fsp3) is 0.312. The first-order valence-corrected chi connectivity index (χ1v) is 7.86. The monoisotopic (exact) mass is 342 g/mol. The summed E-state index contributed by atoms with van der Waals surface area (Å²) in [5.74, 6) is 0.585. The largest absolute Gasteiger partial charge is 0.368 e. The van der Waals surface area contributed by atoms with Gasteiger partial charge in [-0.15, -0.1) is 0 Å². The summed E-state index contributed by atoms with van der Waals surface area (Å²) in [6.07, 6.45) is 4.42. The van der Waals surface area contributed by atoms with E-state index in [1.165, 1.54) is 22.9 Å². The normalized spacial score (nSPS) is 17.3. The highest BCUT2D eigenvalue weighted by atomic mass is 16.6. The van der Waals surface area contributed by atoms with Gasteiger partial charge in [-0.1, -0.05) is 12.1 Å². The fourth-order valence-corrected chi connectivity index (χ4v) is 2.91. The Hall–Kier alpha value is -3.23. The predicted octanol–water partition coefficient (Wildman–Crippen LogP) is 1.68. The summed E-state index contributed by atoms with van der Waals surface area (Å²) in [5.41, 5.74) is 6.07. The van der Waals surface area contributed by atoms with Gasteiger partial charge < -0.3 is 10.6 Å². The van der Waals surface area contributed by atoms with Crippen LogP contribution in [-0.4, -0.2) is 37.0 Å². The van der Waals surface area contributed by atoms with Crippen LogP contribution in [0.1, 0.15) is 30.3 Å². The van der Waals surface area contributed by atoms with Crippen LogP contribution >= 0.6 is 0 Å². The van der Waals surface area contributed by atoms with Crippen molar-refractivity contribution in [2.24, 2.45) is 7.05 Å². The zero-order chi connectivity index (χ0) is 18.0. The van der Waals surface area contributed by atoms with Crippen LogP contribution < -0.4 is 5.73 Å². The lowest BCUT2D eigenvalue weighted by Gasteiger charge is -2.20. The first-order valence-electron chi connectivity index (χ1n) is 7.86. The van der Waals surface area contributed by atoms with Gasteiger partial charge in [0, 0.05) is 25.7 Å². The Kier molecular flexibility index (Phi) is 4.46. The maximum absolute atomic E-state index is 12.6. The van der Waals surface area contributed by atoms with E-state index in [-0.39, 0.29) is 17.6 Å². The first kappa shape index (κ1) is 16.6. The molecule has 1 amide bonds. The second kappa shape index (κ2) is 6.71. The predicted molar refractivity (Wildman–Crippen MR) is 91.2 cm³/mol. The van der Waals surface area contributed by atoms with Gasteiger partial charge in [-0.05, 0) is 25.0 Å². The maximum atomic E-state index is 12.6. The van der Waals surface area contributed by atoms with E-state index in [1.807, 2.05) is 0 Å². The lowest BCUT2D eigenvalue weighted by atomic mass is 10.1. The lowest BCUT2D eigenvalue weighted by molar-refractivity contribution is -0.385. The van der Waals surface area contributed by atoms with Gasteiger partial charge in [-0.3, -0.25) is 14.9 Å². The van der Waals surface area contributed by atoms with Gasteiger partial charge in [-0.2, -0.15) is 10.1 Å². The van der Waals surface area contributed by atoms with E-state index in [4.69, 9.17) is 5.73 Å². The fourth-order valence-electron chi connectivity index (χ4n) is 2.91. The van der Waals surface area contributed by atoms with Crippen LogP contribution in [0.2, 0.25) is 0 Å². The van der Waals surface area contributed by atoms with Crippen LogP contribution in [0, 0.1) is 10.1 Å². The smallest absolute Gasteiger partial charge is 0.276 e. The van der Waals surface area contributed by atoms with Crippen LogP contribution in [0.5, 0.6) is 0 Å². The summed E-state index contributed by atoms with van der Waals surface area (Å²) in [4.78, 5) is 29.0. The summed E-state index contributed by atoms with van der Waals surface area (Å²) in [6.45, 7) is 0.586. The minimum Gasteiger partial charge on any atom is -0.368 e. The van der Waals surface area contributed by atoms with Gasteiger partial charge in [0.1, 0.15) is 0 Å². The third kappa shape index (κ3) is 3.35. The summed E-state index contributed by atoms with van der Waals surface area (Å²) in [6, 6.07) is 6.06. The number of carbonyl (C=O) groups excluding carboxylic acids is 1. The highest BCUT2D eigenvalue weighted by Gasteiger charge is 2.32. The van der Waals surface area contributed by atoms with Gasteiger partial charge in [0.15, 0.2) is 5.82 Å². The highest BCUT2D eigenvalue weighted by molar-refractivity contribution is 5.92. The van der Waals surface area contributed by atoms with Crippen molar-refractivity contribution < 1.29 is 9.72 Å². The zero-order valence-corrected chi connectivity index (χ0v) is 13.7. The van der Waals surface area contributed by atoms with E-state index in [0.29, 0.717) is 23.9 Å². The number of anilines is 1. The number of nitrogens with two attached hydrogens (primary N) is 1. The molecule has 25 heavy (non-hydrogen) atoms. The van der Waals surface area contributed by atoms with Crippen LogP contribution in [0.25, 0.3) is 6.08 Å². The highest BCUT2D eigenvalue weighted by Crippen LogP contribution is 2.30. The van der Waals surface area contributed by atoms with E-state index in [1.54, 1.807) is 30.1 Å². The molecule has 1 atom stereocenters. The van der Waals surface area contributed by atoms with Crippen molar-refractivity contribution in [3.63, 3.8) is 0 Å². The molecular formula is C16H18N6O3. The second-order valence-electron chi connectivity index (χ2n) is 5.79. The molecule has 1 aromatic heterocycles. The zero-order valence-electron chi connectivity index (χ0n) is 13.7. The number of hydrogen-bond donors (Lipinski definition) is 1. The lowest BCUT2D eigenvalue weighted by Crippen LogP contribution is -2.29. The maximum Gasteiger partial charge on any atom is 0.276 e. The van der Waals surface area contributed by atoms with E-state index in [9.17, 15) is 14.9 Å². The molecule has 0 bridgehead atoms. The Balaban J connectivity index is 1.79. The van der Waals surface area contributed by atoms with E-state index < -0.39 is 4.92 Å². The van der Waals surface area contributed by atoms with Crippen molar-refractivity contribution in [3.8, 4) is 0 Å². The van der Waals surface area contributed by atoms with Crippen LogP contribution in [0.3, 0.4) is 0 Å². The van der Waals surface area contributed by atoms with Crippen molar-refractivity contribution in [3.05, 3.63) is 51.8 Å². The van der Waals surface area contributed by atoms with Crippen molar-refractivity contribution in [2.45, 2.75) is 18.9 Å². The van der Waals surface area contributed by atoms with Crippen molar-refractivity contribution in [1.82, 2.24) is 19.7 Å². The molecule has 2 aromatic rings. The van der Waals surface area contributed by atoms with Gasteiger partial charge in [0.25, 0.3) is 5.69 Å². The number of carbonyl (C=O) groups is 1. The number of para-hydroxylation sites is 1. The molecule has 1 fully saturated rings. The summed E-state index contributed by atoms with van der Waals surface area (Å²) in [7, 11) is 1.70. The van der Waals surface area contributed by atoms with Crippen molar-refractivity contribution >= 4 is 23.6 Å². The number of nitro groups is 1. The van der Waals surface area contributed by atoms with Crippen LogP contribution in [0.15, 0.2) is 30.3 Å². The average molecular weight is 342 g/mol. The van der Waals surface area contributed by atoms with Crippen LogP contribution in [-0.2, 0) is 11.8 Å². The molecule has 0 saturated carbocycles. The molecule has 9 nitrogen and oxygen atoms in total. The average Bonchev–Trinajstić information content (AvgIpc) is 3.20. The number of benzene rings is 1. The number of rotatable bonds is 4. The molecule has 1 aliphatic rings. The molecule has 1 saturated heterocycles. The molecule has 0 aliphatic carbocycles. The molecule has 2 heterocycles. The van der Waals surface area contributed by atoms with E-state index >= 15 is 0 Å². The molecule has 0 spiro atoms. The van der Waals surface area contributed by atoms with Gasteiger partial charge in [-0.25, -0.2) is 4.68 Å². The molecule has 3 rings (SSSR count). The Morgan fingerprint density at radius 1 is 1.44 bits per heavy atom. The third-order valence-electron chi connectivity index (χ3n) is 4.19. The number of hydrogen-bond acceptors (Lipinski definition) is 6. The Morgan fingerprint density at radius 2 is 2.20 bits per heavy atom.